The Kier molecular flexibility index (Phi) is 4.78. The molecule has 0 saturated carbocycles. The van der Waals surface area contributed by atoms with Gasteiger partial charge in [-0.05, 0) is 56.4 Å². The second-order valence-electron chi connectivity index (χ2n) is 8.14. The van der Waals surface area contributed by atoms with Crippen LogP contribution in [0.2, 0.25) is 0 Å². The maximum Gasteiger partial charge on any atom is 0.254 e. The molecule has 1 amide bonds. The quantitative estimate of drug-likeness (QED) is 0.655. The van der Waals surface area contributed by atoms with E-state index in [9.17, 15) is 13.6 Å². The third kappa shape index (κ3) is 3.25. The second kappa shape index (κ2) is 7.52. The summed E-state index contributed by atoms with van der Waals surface area (Å²) >= 11 is 0. The molecular formula is C23H21F2N5O2. The zero-order chi connectivity index (χ0) is 22.6. The fourth-order valence-electron chi connectivity index (χ4n) is 4.25. The minimum atomic E-state index is -0.815. The number of carbonyl (C=O) groups excluding carboxylic acids is 1. The van der Waals surface area contributed by atoms with E-state index in [0.29, 0.717) is 36.3 Å². The number of hydrogen-bond acceptors (Lipinski definition) is 6. The Balaban J connectivity index is 1.62. The van der Waals surface area contributed by atoms with Crippen LogP contribution in [0, 0.1) is 11.8 Å². The Hall–Kier alpha value is -3.59. The minimum Gasteiger partial charge on any atom is -0.491 e. The second-order valence-corrected chi connectivity index (χ2v) is 8.14. The summed E-state index contributed by atoms with van der Waals surface area (Å²) in [5.74, 6) is -1.35. The highest BCUT2D eigenvalue weighted by Gasteiger charge is 2.28. The van der Waals surface area contributed by atoms with E-state index in [1.54, 1.807) is 18.2 Å². The van der Waals surface area contributed by atoms with Crippen molar-refractivity contribution in [2.24, 2.45) is 0 Å². The van der Waals surface area contributed by atoms with Crippen LogP contribution in [0.5, 0.6) is 5.75 Å². The lowest BCUT2D eigenvalue weighted by atomic mass is 9.95. The molecule has 1 atom stereocenters. The first kappa shape index (κ1) is 20.3. The molecule has 9 heteroatoms. The molecule has 1 aromatic heterocycles. The van der Waals surface area contributed by atoms with Gasteiger partial charge in [0, 0.05) is 23.2 Å². The van der Waals surface area contributed by atoms with Gasteiger partial charge in [-0.1, -0.05) is 0 Å². The molecule has 0 spiro atoms. The summed E-state index contributed by atoms with van der Waals surface area (Å²) in [4.78, 5) is 22.3. The molecule has 2 aliphatic rings. The zero-order valence-corrected chi connectivity index (χ0v) is 17.6. The number of hydrogen-bond donors (Lipinski definition) is 2. The first-order chi connectivity index (χ1) is 15.3. The van der Waals surface area contributed by atoms with Gasteiger partial charge in [-0.3, -0.25) is 9.69 Å². The molecule has 2 aromatic carbocycles. The Labute approximate surface area is 183 Å². The molecule has 2 aliphatic heterocycles. The van der Waals surface area contributed by atoms with E-state index in [2.05, 4.69) is 15.3 Å². The number of amides is 1. The number of aromatic nitrogens is 2. The summed E-state index contributed by atoms with van der Waals surface area (Å²) < 4.78 is 35.3. The number of halogens is 2. The number of anilines is 1. The van der Waals surface area contributed by atoms with Gasteiger partial charge in [0.2, 0.25) is 5.95 Å². The number of nitrogens with two attached hydrogens (primary N) is 1. The summed E-state index contributed by atoms with van der Waals surface area (Å²) in [5.41, 5.74) is 8.50. The van der Waals surface area contributed by atoms with Crippen molar-refractivity contribution in [3.05, 3.63) is 58.8 Å². The molecule has 0 bridgehead atoms. The summed E-state index contributed by atoms with van der Waals surface area (Å²) in [6.07, 6.45) is 0.476. The molecule has 0 fully saturated rings. The van der Waals surface area contributed by atoms with Crippen molar-refractivity contribution in [3.8, 4) is 28.3 Å². The molecule has 7 nitrogen and oxygen atoms in total. The third-order valence-corrected chi connectivity index (χ3v) is 5.89. The molecule has 3 N–H and O–H groups in total. The van der Waals surface area contributed by atoms with E-state index in [0.717, 1.165) is 11.3 Å². The van der Waals surface area contributed by atoms with E-state index in [4.69, 9.17) is 10.5 Å². The lowest BCUT2D eigenvalue weighted by molar-refractivity contribution is 0.0941. The maximum atomic E-state index is 14.8. The molecule has 0 radical (unpaired) electrons. The predicted octanol–water partition coefficient (Wildman–Crippen LogP) is 2.95. The third-order valence-electron chi connectivity index (χ3n) is 5.89. The van der Waals surface area contributed by atoms with Crippen LogP contribution >= 0.6 is 0 Å². The van der Waals surface area contributed by atoms with Gasteiger partial charge in [0.1, 0.15) is 29.6 Å². The molecule has 164 valence electrons. The van der Waals surface area contributed by atoms with Gasteiger partial charge in [-0.2, -0.15) is 9.37 Å². The van der Waals surface area contributed by atoms with Gasteiger partial charge in [0.05, 0.1) is 11.6 Å². The monoisotopic (exact) mass is 437 g/mol. The SMILES string of the molecule is CN(C)C1COc2ccc(-c3nc(-c4cc(F)c5c(c4)CCNC5=O)c(N)nc3F)cc21. The smallest absolute Gasteiger partial charge is 0.254 e. The molecule has 0 saturated heterocycles. The fraction of sp³-hybridized carbons (Fsp3) is 0.261. The van der Waals surface area contributed by atoms with Crippen LogP contribution in [0.1, 0.15) is 27.5 Å². The molecular weight excluding hydrogens is 416 g/mol. The van der Waals surface area contributed by atoms with E-state index in [-0.39, 0.29) is 28.8 Å². The first-order valence-corrected chi connectivity index (χ1v) is 10.2. The number of nitrogens with one attached hydrogen (secondary N) is 1. The number of carbonyl (C=O) groups is 1. The Bertz CT molecular complexity index is 1260. The van der Waals surface area contributed by atoms with Crippen LogP contribution < -0.4 is 15.8 Å². The van der Waals surface area contributed by atoms with Gasteiger partial charge >= 0.3 is 0 Å². The van der Waals surface area contributed by atoms with Gasteiger partial charge in [0.15, 0.2) is 5.82 Å². The molecule has 5 rings (SSSR count). The van der Waals surface area contributed by atoms with Gasteiger partial charge in [-0.25, -0.2) is 9.37 Å². The maximum absolute atomic E-state index is 14.8. The average Bonchev–Trinajstić information content (AvgIpc) is 3.17. The van der Waals surface area contributed by atoms with E-state index < -0.39 is 17.7 Å². The number of rotatable bonds is 3. The summed E-state index contributed by atoms with van der Waals surface area (Å²) in [6, 6.07) is 8.21. The lowest BCUT2D eigenvalue weighted by Gasteiger charge is -2.19. The van der Waals surface area contributed by atoms with Crippen molar-refractivity contribution in [2.45, 2.75) is 12.5 Å². The van der Waals surface area contributed by atoms with Crippen LogP contribution in [0.15, 0.2) is 30.3 Å². The van der Waals surface area contributed by atoms with Crippen molar-refractivity contribution in [1.29, 1.82) is 0 Å². The predicted molar refractivity (Wildman–Crippen MR) is 115 cm³/mol. The number of ether oxygens (including phenoxy) is 1. The standard InChI is InChI=1S/C23H21F2N5O2/c1-30(2)16-10-32-17-4-3-12(8-14(16)17)19-21(25)29-22(26)20(28-19)13-7-11-5-6-27-23(31)18(11)15(24)9-13/h3-4,7-9,16H,5-6,10H2,1-2H3,(H2,26,29)(H,27,31). The van der Waals surface area contributed by atoms with Crippen LogP contribution in [-0.2, 0) is 6.42 Å². The molecule has 3 heterocycles. The van der Waals surface area contributed by atoms with Crippen molar-refractivity contribution in [2.75, 3.05) is 33.0 Å². The summed E-state index contributed by atoms with van der Waals surface area (Å²) in [6.45, 7) is 0.920. The van der Waals surface area contributed by atoms with Gasteiger partial charge in [0.25, 0.3) is 5.91 Å². The number of nitrogen functional groups attached to an aromatic ring is 1. The van der Waals surface area contributed by atoms with E-state index >= 15 is 0 Å². The molecule has 0 aliphatic carbocycles. The number of fused-ring (bicyclic) bond motifs is 2. The van der Waals surface area contributed by atoms with Gasteiger partial charge in [-0.15, -0.1) is 0 Å². The minimum absolute atomic E-state index is 0.0114. The van der Waals surface area contributed by atoms with E-state index in [1.807, 2.05) is 25.1 Å². The molecule has 1 unspecified atom stereocenters. The van der Waals surface area contributed by atoms with Crippen molar-refractivity contribution in [3.63, 3.8) is 0 Å². The van der Waals surface area contributed by atoms with Crippen LogP contribution in [-0.4, -0.2) is 48.0 Å². The first-order valence-electron chi connectivity index (χ1n) is 10.2. The highest BCUT2D eigenvalue weighted by Crippen LogP contribution is 2.38. The van der Waals surface area contributed by atoms with Crippen LogP contribution in [0.4, 0.5) is 14.6 Å². The molecule has 3 aromatic rings. The number of nitrogens with zero attached hydrogens (tertiary/aromatic N) is 3. The Morgan fingerprint density at radius 3 is 2.72 bits per heavy atom. The Morgan fingerprint density at radius 1 is 1.12 bits per heavy atom. The normalized spacial score (nSPS) is 17.0. The average molecular weight is 437 g/mol. The van der Waals surface area contributed by atoms with Crippen molar-refractivity contribution in [1.82, 2.24) is 20.2 Å². The molecule has 32 heavy (non-hydrogen) atoms. The van der Waals surface area contributed by atoms with Crippen LogP contribution in [0.25, 0.3) is 22.5 Å². The highest BCUT2D eigenvalue weighted by molar-refractivity contribution is 5.97. The Morgan fingerprint density at radius 2 is 1.94 bits per heavy atom. The number of benzene rings is 2. The summed E-state index contributed by atoms with van der Waals surface area (Å²) in [5, 5.41) is 2.62. The van der Waals surface area contributed by atoms with Crippen molar-refractivity contribution >= 4 is 11.7 Å². The fourth-order valence-corrected chi connectivity index (χ4v) is 4.25. The largest absolute Gasteiger partial charge is 0.491 e. The van der Waals surface area contributed by atoms with E-state index in [1.165, 1.54) is 6.07 Å². The number of likely N-dealkylation sites (N-methyl/N-ethyl adjacent to an activating group) is 1. The van der Waals surface area contributed by atoms with Gasteiger partial charge < -0.3 is 15.8 Å². The topological polar surface area (TPSA) is 93.4 Å². The highest BCUT2D eigenvalue weighted by atomic mass is 19.1. The van der Waals surface area contributed by atoms with Crippen molar-refractivity contribution < 1.29 is 18.3 Å². The lowest BCUT2D eigenvalue weighted by Crippen LogP contribution is -2.32. The summed E-state index contributed by atoms with van der Waals surface area (Å²) in [7, 11) is 3.89. The zero-order valence-electron chi connectivity index (χ0n) is 17.6. The van der Waals surface area contributed by atoms with Crippen LogP contribution in [0.3, 0.4) is 0 Å².